The zero-order valence-electron chi connectivity index (χ0n) is 10.2. The molecule has 0 saturated heterocycles. The number of thioether (sulfide) groups is 1. The number of para-hydroxylation sites is 1. The summed E-state index contributed by atoms with van der Waals surface area (Å²) in [4.78, 5) is 22.3. The summed E-state index contributed by atoms with van der Waals surface area (Å²) in [7, 11) is 0. The highest BCUT2D eigenvalue weighted by atomic mass is 32.2. The lowest BCUT2D eigenvalue weighted by atomic mass is 10.3. The lowest BCUT2D eigenvalue weighted by Gasteiger charge is -2.03. The predicted octanol–water partition coefficient (Wildman–Crippen LogP) is 1.76. The van der Waals surface area contributed by atoms with Gasteiger partial charge in [-0.1, -0.05) is 41.3 Å². The Hall–Kier alpha value is -2.13. The second kappa shape index (κ2) is 6.87. The van der Waals surface area contributed by atoms with Gasteiger partial charge in [-0.15, -0.1) is 10.2 Å². The van der Waals surface area contributed by atoms with E-state index in [1.54, 1.807) is 12.1 Å². The molecule has 0 aliphatic heterocycles. The number of amides is 3. The summed E-state index contributed by atoms with van der Waals surface area (Å²) in [5.41, 5.74) is 5.71. The molecule has 7 nitrogen and oxygen atoms in total. The van der Waals surface area contributed by atoms with Crippen molar-refractivity contribution in [2.45, 2.75) is 4.34 Å². The van der Waals surface area contributed by atoms with Crippen molar-refractivity contribution in [2.24, 2.45) is 5.73 Å². The number of anilines is 2. The highest BCUT2D eigenvalue weighted by Gasteiger charge is 2.09. The first-order chi connectivity index (χ1) is 9.63. The Morgan fingerprint density at radius 2 is 1.95 bits per heavy atom. The molecule has 0 fully saturated rings. The van der Waals surface area contributed by atoms with Crippen LogP contribution in [0.5, 0.6) is 0 Å². The lowest BCUT2D eigenvalue weighted by Crippen LogP contribution is -2.19. The van der Waals surface area contributed by atoms with Gasteiger partial charge >= 0.3 is 6.03 Å². The number of hydrogen-bond acceptors (Lipinski definition) is 6. The SMILES string of the molecule is NC(=O)CSc1nnc(NC(=O)Nc2ccccc2)s1. The second-order valence-corrected chi connectivity index (χ2v) is 5.77. The second-order valence-electron chi connectivity index (χ2n) is 3.57. The van der Waals surface area contributed by atoms with Crippen LogP contribution in [0, 0.1) is 0 Å². The van der Waals surface area contributed by atoms with Crippen molar-refractivity contribution in [1.82, 2.24) is 10.2 Å². The number of urea groups is 1. The molecule has 0 spiro atoms. The minimum Gasteiger partial charge on any atom is -0.369 e. The van der Waals surface area contributed by atoms with E-state index in [-0.39, 0.29) is 5.75 Å². The Bertz CT molecular complexity index is 602. The van der Waals surface area contributed by atoms with E-state index in [1.807, 2.05) is 18.2 Å². The molecule has 104 valence electrons. The van der Waals surface area contributed by atoms with Crippen molar-refractivity contribution < 1.29 is 9.59 Å². The standard InChI is InChI=1S/C11H11N5O2S2/c12-8(17)6-19-11-16-15-10(20-11)14-9(18)13-7-4-2-1-3-5-7/h1-5H,6H2,(H2,12,17)(H2,13,14,15,18). The first kappa shape index (κ1) is 14.3. The monoisotopic (exact) mass is 309 g/mol. The highest BCUT2D eigenvalue weighted by Crippen LogP contribution is 2.25. The van der Waals surface area contributed by atoms with Gasteiger partial charge in [0, 0.05) is 5.69 Å². The summed E-state index contributed by atoms with van der Waals surface area (Å²) in [5, 5.41) is 13.2. The molecule has 0 saturated carbocycles. The van der Waals surface area contributed by atoms with Crippen LogP contribution in [0.25, 0.3) is 0 Å². The number of nitrogens with one attached hydrogen (secondary N) is 2. The van der Waals surface area contributed by atoms with Crippen molar-refractivity contribution in [2.75, 3.05) is 16.4 Å². The Labute approximate surface area is 123 Å². The van der Waals surface area contributed by atoms with Crippen molar-refractivity contribution in [3.63, 3.8) is 0 Å². The maximum absolute atomic E-state index is 11.7. The number of nitrogens with zero attached hydrogens (tertiary/aromatic N) is 2. The third-order valence-corrected chi connectivity index (χ3v) is 3.99. The molecule has 0 bridgehead atoms. The van der Waals surface area contributed by atoms with E-state index >= 15 is 0 Å². The van der Waals surface area contributed by atoms with E-state index in [0.29, 0.717) is 15.2 Å². The van der Waals surface area contributed by atoms with Gasteiger partial charge in [-0.05, 0) is 12.1 Å². The van der Waals surface area contributed by atoms with Gasteiger partial charge in [0.1, 0.15) is 0 Å². The van der Waals surface area contributed by atoms with E-state index in [2.05, 4.69) is 20.8 Å². The summed E-state index contributed by atoms with van der Waals surface area (Å²) in [5.74, 6) is -0.299. The highest BCUT2D eigenvalue weighted by molar-refractivity contribution is 8.01. The fourth-order valence-electron chi connectivity index (χ4n) is 1.23. The van der Waals surface area contributed by atoms with Crippen LogP contribution in [0.15, 0.2) is 34.7 Å². The van der Waals surface area contributed by atoms with Crippen molar-refractivity contribution >= 4 is 45.9 Å². The normalized spacial score (nSPS) is 10.0. The number of rotatable bonds is 5. The molecule has 9 heteroatoms. The fraction of sp³-hybridized carbons (Fsp3) is 0.0909. The number of primary amides is 1. The van der Waals surface area contributed by atoms with Crippen LogP contribution in [0.3, 0.4) is 0 Å². The first-order valence-electron chi connectivity index (χ1n) is 5.51. The average molecular weight is 309 g/mol. The molecule has 1 aromatic carbocycles. The number of aromatic nitrogens is 2. The minimum absolute atomic E-state index is 0.130. The molecule has 3 amide bonds. The van der Waals surface area contributed by atoms with E-state index in [1.165, 1.54) is 23.1 Å². The Kier molecular flexibility index (Phi) is 4.91. The minimum atomic E-state index is -0.429. The molecule has 4 N–H and O–H groups in total. The first-order valence-corrected chi connectivity index (χ1v) is 7.31. The molecular weight excluding hydrogens is 298 g/mol. The van der Waals surface area contributed by atoms with Crippen molar-refractivity contribution in [3.8, 4) is 0 Å². The number of benzene rings is 1. The van der Waals surface area contributed by atoms with Crippen LogP contribution in [0.1, 0.15) is 0 Å². The molecule has 2 aromatic rings. The molecule has 0 aliphatic carbocycles. The van der Waals surface area contributed by atoms with Crippen LogP contribution in [-0.2, 0) is 4.79 Å². The summed E-state index contributed by atoms with van der Waals surface area (Å²) in [6.45, 7) is 0. The molecule has 0 unspecified atom stereocenters. The Balaban J connectivity index is 1.87. The van der Waals surface area contributed by atoms with Crippen LogP contribution < -0.4 is 16.4 Å². The van der Waals surface area contributed by atoms with Gasteiger partial charge in [-0.25, -0.2) is 4.79 Å². The molecular formula is C11H11N5O2S2. The Morgan fingerprint density at radius 1 is 1.20 bits per heavy atom. The van der Waals surface area contributed by atoms with Crippen LogP contribution >= 0.6 is 23.1 Å². The molecule has 1 heterocycles. The quantitative estimate of drug-likeness (QED) is 0.576. The van der Waals surface area contributed by atoms with Crippen LogP contribution in [-0.4, -0.2) is 27.9 Å². The summed E-state index contributed by atoms with van der Waals surface area (Å²) in [6, 6.07) is 8.63. The van der Waals surface area contributed by atoms with Gasteiger partial charge in [-0.3, -0.25) is 10.1 Å². The van der Waals surface area contributed by atoms with E-state index in [0.717, 1.165) is 0 Å². The topological polar surface area (TPSA) is 110 Å². The van der Waals surface area contributed by atoms with Crippen LogP contribution in [0.4, 0.5) is 15.6 Å². The van der Waals surface area contributed by atoms with Crippen molar-refractivity contribution in [3.05, 3.63) is 30.3 Å². The van der Waals surface area contributed by atoms with Gasteiger partial charge < -0.3 is 11.1 Å². The summed E-state index contributed by atoms with van der Waals surface area (Å²) in [6.07, 6.45) is 0. The number of carbonyl (C=O) groups excluding carboxylic acids is 2. The summed E-state index contributed by atoms with van der Waals surface area (Å²) < 4.78 is 0.568. The Morgan fingerprint density at radius 3 is 2.65 bits per heavy atom. The lowest BCUT2D eigenvalue weighted by molar-refractivity contribution is -0.115. The van der Waals surface area contributed by atoms with Crippen molar-refractivity contribution in [1.29, 1.82) is 0 Å². The molecule has 0 aliphatic rings. The van der Waals surface area contributed by atoms with Crippen LogP contribution in [0.2, 0.25) is 0 Å². The summed E-state index contributed by atoms with van der Waals surface area (Å²) >= 11 is 2.35. The maximum atomic E-state index is 11.7. The zero-order chi connectivity index (χ0) is 14.4. The molecule has 0 atom stereocenters. The van der Waals surface area contributed by atoms with Gasteiger partial charge in [0.05, 0.1) is 5.75 Å². The van der Waals surface area contributed by atoms with Gasteiger partial charge in [0.25, 0.3) is 0 Å². The van der Waals surface area contributed by atoms with Gasteiger partial charge in [0.15, 0.2) is 4.34 Å². The maximum Gasteiger partial charge on any atom is 0.325 e. The number of nitrogens with two attached hydrogens (primary N) is 1. The van der Waals surface area contributed by atoms with Gasteiger partial charge in [0.2, 0.25) is 11.0 Å². The number of hydrogen-bond donors (Lipinski definition) is 3. The average Bonchev–Trinajstić information content (AvgIpc) is 2.85. The van der Waals surface area contributed by atoms with E-state index in [9.17, 15) is 9.59 Å². The number of carbonyl (C=O) groups is 2. The largest absolute Gasteiger partial charge is 0.369 e. The molecule has 20 heavy (non-hydrogen) atoms. The third kappa shape index (κ3) is 4.52. The van der Waals surface area contributed by atoms with E-state index in [4.69, 9.17) is 5.73 Å². The smallest absolute Gasteiger partial charge is 0.325 e. The molecule has 2 rings (SSSR count). The molecule has 1 aromatic heterocycles. The van der Waals surface area contributed by atoms with E-state index < -0.39 is 11.9 Å². The molecule has 0 radical (unpaired) electrons. The predicted molar refractivity (Wildman–Crippen MR) is 78.9 cm³/mol. The van der Waals surface area contributed by atoms with Gasteiger partial charge in [-0.2, -0.15) is 0 Å². The third-order valence-electron chi connectivity index (χ3n) is 2.00. The zero-order valence-corrected chi connectivity index (χ0v) is 11.8. The fourth-order valence-corrected chi connectivity index (χ4v) is 2.72.